The number of benzene rings is 1. The molecule has 0 spiro atoms. The van der Waals surface area contributed by atoms with E-state index >= 15 is 0 Å². The molecule has 6 heteroatoms. The largest absolute Gasteiger partial charge is 0.444 e. The van der Waals surface area contributed by atoms with Gasteiger partial charge >= 0.3 is 6.09 Å². The molecule has 0 bridgehead atoms. The van der Waals surface area contributed by atoms with E-state index in [0.717, 1.165) is 5.56 Å². The van der Waals surface area contributed by atoms with E-state index in [1.807, 2.05) is 0 Å². The number of rotatable bonds is 3. The first-order valence-corrected chi connectivity index (χ1v) is 6.63. The molecule has 0 saturated heterocycles. The lowest BCUT2D eigenvalue weighted by molar-refractivity contribution is 0.0505. The van der Waals surface area contributed by atoms with Gasteiger partial charge in [0, 0.05) is 6.54 Å². The zero-order chi connectivity index (χ0) is 14.6. The van der Waals surface area contributed by atoms with E-state index in [-0.39, 0.29) is 12.6 Å². The summed E-state index contributed by atoms with van der Waals surface area (Å²) in [5.74, 6) is 0. The Kier molecular flexibility index (Phi) is 5.47. The Morgan fingerprint density at radius 3 is 2.47 bits per heavy atom. The van der Waals surface area contributed by atoms with Gasteiger partial charge in [0.2, 0.25) is 0 Å². The molecular weight excluding hydrogens is 287 g/mol. The molecule has 1 atom stereocenters. The van der Waals surface area contributed by atoms with E-state index in [1.54, 1.807) is 39.0 Å². The second-order valence-electron chi connectivity index (χ2n) is 5.11. The normalized spacial score (nSPS) is 12.9. The third-order valence-electron chi connectivity index (χ3n) is 2.27. The fourth-order valence-electron chi connectivity index (χ4n) is 1.46. The van der Waals surface area contributed by atoms with Gasteiger partial charge in [-0.25, -0.2) is 4.79 Å². The Hall–Kier alpha value is -0.970. The summed E-state index contributed by atoms with van der Waals surface area (Å²) in [5, 5.41) is 3.58. The Balaban J connectivity index is 2.78. The minimum absolute atomic E-state index is 0.233. The molecule has 1 unspecified atom stereocenters. The molecule has 0 aliphatic heterocycles. The van der Waals surface area contributed by atoms with Crippen LogP contribution in [0.15, 0.2) is 18.2 Å². The number of hydrogen-bond donors (Lipinski definition) is 2. The van der Waals surface area contributed by atoms with Crippen LogP contribution in [0.1, 0.15) is 32.4 Å². The zero-order valence-electron chi connectivity index (χ0n) is 11.2. The summed E-state index contributed by atoms with van der Waals surface area (Å²) in [6, 6.07) is 4.74. The summed E-state index contributed by atoms with van der Waals surface area (Å²) in [6.45, 7) is 5.62. The number of amides is 1. The van der Waals surface area contributed by atoms with Crippen molar-refractivity contribution in [2.45, 2.75) is 32.4 Å². The Morgan fingerprint density at radius 1 is 1.37 bits per heavy atom. The fraction of sp³-hybridized carbons (Fsp3) is 0.462. The van der Waals surface area contributed by atoms with Crippen LogP contribution in [-0.2, 0) is 4.74 Å². The van der Waals surface area contributed by atoms with Crippen molar-refractivity contribution in [3.05, 3.63) is 33.8 Å². The number of carbonyl (C=O) groups excluding carboxylic acids is 1. The zero-order valence-corrected chi connectivity index (χ0v) is 12.7. The van der Waals surface area contributed by atoms with Crippen LogP contribution in [0.5, 0.6) is 0 Å². The Bertz CT molecular complexity index is 458. The second kappa shape index (κ2) is 6.46. The quantitative estimate of drug-likeness (QED) is 0.898. The lowest BCUT2D eigenvalue weighted by atomic mass is 10.1. The van der Waals surface area contributed by atoms with Crippen LogP contribution in [0.3, 0.4) is 0 Å². The van der Waals surface area contributed by atoms with Crippen LogP contribution in [0, 0.1) is 0 Å². The van der Waals surface area contributed by atoms with E-state index in [9.17, 15) is 4.79 Å². The number of ether oxygens (including phenoxy) is 1. The van der Waals surface area contributed by atoms with Crippen LogP contribution in [0.2, 0.25) is 10.0 Å². The third kappa shape index (κ3) is 5.27. The molecule has 0 aliphatic carbocycles. The van der Waals surface area contributed by atoms with E-state index in [4.69, 9.17) is 33.7 Å². The molecule has 1 aromatic rings. The SMILES string of the molecule is CC(C)(C)OC(=O)NC(CN)c1ccc(Cl)c(Cl)c1. The molecule has 0 fully saturated rings. The molecule has 4 nitrogen and oxygen atoms in total. The highest BCUT2D eigenvalue weighted by Crippen LogP contribution is 2.25. The van der Waals surface area contributed by atoms with Crippen LogP contribution in [-0.4, -0.2) is 18.2 Å². The molecule has 1 aromatic carbocycles. The van der Waals surface area contributed by atoms with Gasteiger partial charge in [-0.2, -0.15) is 0 Å². The first kappa shape index (κ1) is 16.1. The number of alkyl carbamates (subject to hydrolysis) is 1. The molecular formula is C13H18Cl2N2O2. The summed E-state index contributed by atoms with van der Waals surface area (Å²) in [5.41, 5.74) is 5.88. The van der Waals surface area contributed by atoms with Crippen molar-refractivity contribution in [2.24, 2.45) is 5.73 Å². The minimum Gasteiger partial charge on any atom is -0.444 e. The van der Waals surface area contributed by atoms with Gasteiger partial charge in [-0.15, -0.1) is 0 Å². The molecule has 0 aliphatic rings. The highest BCUT2D eigenvalue weighted by Gasteiger charge is 2.20. The van der Waals surface area contributed by atoms with E-state index in [1.165, 1.54) is 0 Å². The number of hydrogen-bond acceptors (Lipinski definition) is 3. The lowest BCUT2D eigenvalue weighted by Gasteiger charge is -2.23. The topological polar surface area (TPSA) is 64.3 Å². The fourth-order valence-corrected chi connectivity index (χ4v) is 1.76. The minimum atomic E-state index is -0.555. The maximum absolute atomic E-state index is 11.7. The second-order valence-corrected chi connectivity index (χ2v) is 5.92. The van der Waals surface area contributed by atoms with E-state index < -0.39 is 11.7 Å². The summed E-state index contributed by atoms with van der Waals surface area (Å²) < 4.78 is 5.18. The first-order valence-electron chi connectivity index (χ1n) is 5.87. The molecule has 1 rings (SSSR count). The van der Waals surface area contributed by atoms with Gasteiger partial charge in [0.25, 0.3) is 0 Å². The number of halogens is 2. The summed E-state index contributed by atoms with van der Waals surface area (Å²) in [7, 11) is 0. The van der Waals surface area contributed by atoms with E-state index in [0.29, 0.717) is 10.0 Å². The maximum atomic E-state index is 11.7. The van der Waals surface area contributed by atoms with Gasteiger partial charge in [-0.05, 0) is 38.5 Å². The Morgan fingerprint density at radius 2 is 2.00 bits per heavy atom. The van der Waals surface area contributed by atoms with Crippen molar-refractivity contribution in [3.8, 4) is 0 Å². The van der Waals surface area contributed by atoms with Gasteiger partial charge in [0.1, 0.15) is 5.60 Å². The molecule has 0 saturated carbocycles. The predicted octanol–water partition coefficient (Wildman–Crippen LogP) is 3.52. The summed E-state index contributed by atoms with van der Waals surface area (Å²) in [6.07, 6.45) is -0.519. The smallest absolute Gasteiger partial charge is 0.408 e. The lowest BCUT2D eigenvalue weighted by Crippen LogP contribution is -2.37. The van der Waals surface area contributed by atoms with Crippen molar-refractivity contribution in [2.75, 3.05) is 6.54 Å². The van der Waals surface area contributed by atoms with Crippen LogP contribution in [0.25, 0.3) is 0 Å². The molecule has 0 heterocycles. The first-order chi connectivity index (χ1) is 8.73. The van der Waals surface area contributed by atoms with Crippen molar-refractivity contribution >= 4 is 29.3 Å². The molecule has 106 valence electrons. The van der Waals surface area contributed by atoms with Crippen molar-refractivity contribution in [1.29, 1.82) is 0 Å². The van der Waals surface area contributed by atoms with Gasteiger partial charge in [0.15, 0.2) is 0 Å². The van der Waals surface area contributed by atoms with Crippen LogP contribution >= 0.6 is 23.2 Å². The van der Waals surface area contributed by atoms with Crippen molar-refractivity contribution in [1.82, 2.24) is 5.32 Å². The highest BCUT2D eigenvalue weighted by molar-refractivity contribution is 6.42. The number of carbonyl (C=O) groups is 1. The number of nitrogens with two attached hydrogens (primary N) is 1. The molecule has 0 aromatic heterocycles. The average Bonchev–Trinajstić information content (AvgIpc) is 2.27. The van der Waals surface area contributed by atoms with Crippen molar-refractivity contribution < 1.29 is 9.53 Å². The summed E-state index contributed by atoms with van der Waals surface area (Å²) in [4.78, 5) is 11.7. The van der Waals surface area contributed by atoms with Crippen LogP contribution < -0.4 is 11.1 Å². The molecule has 0 radical (unpaired) electrons. The summed E-state index contributed by atoms with van der Waals surface area (Å²) >= 11 is 11.8. The van der Waals surface area contributed by atoms with Gasteiger partial charge < -0.3 is 15.8 Å². The van der Waals surface area contributed by atoms with Gasteiger partial charge in [-0.3, -0.25) is 0 Å². The van der Waals surface area contributed by atoms with Crippen molar-refractivity contribution in [3.63, 3.8) is 0 Å². The molecule has 1 amide bonds. The maximum Gasteiger partial charge on any atom is 0.408 e. The Labute approximate surface area is 123 Å². The average molecular weight is 305 g/mol. The van der Waals surface area contributed by atoms with Gasteiger partial charge in [-0.1, -0.05) is 29.3 Å². The van der Waals surface area contributed by atoms with E-state index in [2.05, 4.69) is 5.32 Å². The van der Waals surface area contributed by atoms with Crippen LogP contribution in [0.4, 0.5) is 4.79 Å². The molecule has 19 heavy (non-hydrogen) atoms. The molecule has 3 N–H and O–H groups in total. The predicted molar refractivity (Wildman–Crippen MR) is 77.6 cm³/mol. The van der Waals surface area contributed by atoms with Gasteiger partial charge in [0.05, 0.1) is 16.1 Å². The monoisotopic (exact) mass is 304 g/mol. The standard InChI is InChI=1S/C13H18Cl2N2O2/c1-13(2,3)19-12(18)17-11(7-16)8-4-5-9(14)10(15)6-8/h4-6,11H,7,16H2,1-3H3,(H,17,18). The highest BCUT2D eigenvalue weighted by atomic mass is 35.5. The number of nitrogens with one attached hydrogen (secondary N) is 1. The third-order valence-corrected chi connectivity index (χ3v) is 3.01.